The van der Waals surface area contributed by atoms with Gasteiger partial charge in [-0.25, -0.2) is 4.98 Å². The van der Waals surface area contributed by atoms with E-state index in [1.165, 1.54) is 0 Å². The molecular formula is C12H15BrN4O. The van der Waals surface area contributed by atoms with Crippen molar-refractivity contribution in [1.29, 1.82) is 0 Å². The highest BCUT2D eigenvalue weighted by Crippen LogP contribution is 2.15. The van der Waals surface area contributed by atoms with Gasteiger partial charge in [0.15, 0.2) is 0 Å². The Morgan fingerprint density at radius 3 is 2.83 bits per heavy atom. The van der Waals surface area contributed by atoms with Gasteiger partial charge in [0.2, 0.25) is 0 Å². The second kappa shape index (κ2) is 4.97. The van der Waals surface area contributed by atoms with Crippen LogP contribution in [0.5, 0.6) is 0 Å². The Kier molecular flexibility index (Phi) is 3.56. The Hall–Kier alpha value is -1.56. The van der Waals surface area contributed by atoms with Gasteiger partial charge in [0.1, 0.15) is 11.5 Å². The van der Waals surface area contributed by atoms with Crippen molar-refractivity contribution in [2.45, 2.75) is 13.5 Å². The van der Waals surface area contributed by atoms with Gasteiger partial charge in [0.05, 0.1) is 12.7 Å². The molecule has 0 bridgehead atoms. The molecule has 0 aromatic carbocycles. The van der Waals surface area contributed by atoms with Crippen molar-refractivity contribution in [2.75, 3.05) is 7.05 Å². The molecule has 2 aromatic heterocycles. The van der Waals surface area contributed by atoms with E-state index in [-0.39, 0.29) is 5.91 Å². The summed E-state index contributed by atoms with van der Waals surface area (Å²) in [7, 11) is 3.73. The summed E-state index contributed by atoms with van der Waals surface area (Å²) in [5, 5.41) is 0. The molecule has 0 saturated heterocycles. The first-order valence-corrected chi connectivity index (χ1v) is 6.34. The topological polar surface area (TPSA) is 53.9 Å². The van der Waals surface area contributed by atoms with Crippen molar-refractivity contribution in [3.05, 3.63) is 40.1 Å². The van der Waals surface area contributed by atoms with Gasteiger partial charge in [0.25, 0.3) is 5.91 Å². The van der Waals surface area contributed by atoms with Crippen molar-refractivity contribution in [2.24, 2.45) is 7.05 Å². The number of aromatic nitrogens is 3. The van der Waals surface area contributed by atoms with Gasteiger partial charge < -0.3 is 14.5 Å². The SMILES string of the molecule is Cc1ncc(C(=O)N(C)Cc2cc(Br)cn2C)[nH]1. The van der Waals surface area contributed by atoms with Crippen molar-refractivity contribution >= 4 is 21.8 Å². The summed E-state index contributed by atoms with van der Waals surface area (Å²) < 4.78 is 3.00. The Balaban J connectivity index is 2.10. The number of carbonyl (C=O) groups excluding carboxylic acids is 1. The molecular weight excluding hydrogens is 296 g/mol. The van der Waals surface area contributed by atoms with Crippen LogP contribution in [-0.2, 0) is 13.6 Å². The average Bonchev–Trinajstić information content (AvgIpc) is 2.85. The molecule has 96 valence electrons. The molecule has 0 saturated carbocycles. The van der Waals surface area contributed by atoms with Crippen molar-refractivity contribution in [3.8, 4) is 0 Å². The molecule has 0 spiro atoms. The minimum absolute atomic E-state index is 0.0621. The van der Waals surface area contributed by atoms with Gasteiger partial charge >= 0.3 is 0 Å². The standard InChI is InChI=1S/C12H15BrN4O/c1-8-14-5-11(15-8)12(18)17(3)7-10-4-9(13)6-16(10)2/h4-6H,7H2,1-3H3,(H,14,15). The van der Waals surface area contributed by atoms with Crippen LogP contribution < -0.4 is 0 Å². The zero-order valence-electron chi connectivity index (χ0n) is 10.6. The van der Waals surface area contributed by atoms with Crippen LogP contribution in [0.3, 0.4) is 0 Å². The molecule has 1 amide bonds. The van der Waals surface area contributed by atoms with E-state index in [2.05, 4.69) is 25.9 Å². The summed E-state index contributed by atoms with van der Waals surface area (Å²) in [6.45, 7) is 2.38. The van der Waals surface area contributed by atoms with Gasteiger partial charge in [0, 0.05) is 30.5 Å². The molecule has 0 aliphatic heterocycles. The smallest absolute Gasteiger partial charge is 0.272 e. The van der Waals surface area contributed by atoms with E-state index < -0.39 is 0 Å². The van der Waals surface area contributed by atoms with Gasteiger partial charge in [-0.3, -0.25) is 4.79 Å². The molecule has 1 N–H and O–H groups in total. The minimum Gasteiger partial charge on any atom is -0.352 e. The molecule has 2 rings (SSSR count). The summed E-state index contributed by atoms with van der Waals surface area (Å²) in [5.41, 5.74) is 1.58. The van der Waals surface area contributed by atoms with Gasteiger partial charge in [-0.1, -0.05) is 0 Å². The molecule has 6 heteroatoms. The normalized spacial score (nSPS) is 10.7. The number of imidazole rings is 1. The van der Waals surface area contributed by atoms with E-state index in [1.807, 2.05) is 30.8 Å². The summed E-state index contributed by atoms with van der Waals surface area (Å²) in [4.78, 5) is 20.8. The van der Waals surface area contributed by atoms with Gasteiger partial charge in [-0.05, 0) is 28.9 Å². The lowest BCUT2D eigenvalue weighted by atomic mass is 10.3. The number of rotatable bonds is 3. The third kappa shape index (κ3) is 2.64. The quantitative estimate of drug-likeness (QED) is 0.944. The number of hydrogen-bond donors (Lipinski definition) is 1. The van der Waals surface area contributed by atoms with Crippen LogP contribution in [0.15, 0.2) is 22.9 Å². The fourth-order valence-electron chi connectivity index (χ4n) is 1.77. The van der Waals surface area contributed by atoms with E-state index >= 15 is 0 Å². The molecule has 0 fully saturated rings. The molecule has 2 heterocycles. The zero-order valence-corrected chi connectivity index (χ0v) is 12.2. The number of carbonyl (C=O) groups is 1. The lowest BCUT2D eigenvalue weighted by molar-refractivity contribution is 0.0777. The number of hydrogen-bond acceptors (Lipinski definition) is 2. The predicted molar refractivity (Wildman–Crippen MR) is 72.2 cm³/mol. The lowest BCUT2D eigenvalue weighted by Crippen LogP contribution is -2.27. The Morgan fingerprint density at radius 1 is 1.61 bits per heavy atom. The fourth-order valence-corrected chi connectivity index (χ4v) is 2.34. The summed E-state index contributed by atoms with van der Waals surface area (Å²) in [5.74, 6) is 0.682. The maximum atomic E-state index is 12.1. The van der Waals surface area contributed by atoms with Crippen molar-refractivity contribution in [1.82, 2.24) is 19.4 Å². The molecule has 0 radical (unpaired) electrons. The van der Waals surface area contributed by atoms with Crippen LogP contribution in [0, 0.1) is 6.92 Å². The molecule has 0 aliphatic carbocycles. The Morgan fingerprint density at radius 2 is 2.33 bits per heavy atom. The Bertz CT molecular complexity index is 572. The number of aromatic amines is 1. The first kappa shape index (κ1) is 12.9. The predicted octanol–water partition coefficient (Wildman–Crippen LogP) is 2.09. The molecule has 18 heavy (non-hydrogen) atoms. The third-order valence-corrected chi connectivity index (χ3v) is 3.19. The molecule has 0 atom stereocenters. The maximum absolute atomic E-state index is 12.1. The third-order valence-electron chi connectivity index (χ3n) is 2.75. The number of nitrogens with zero attached hydrogens (tertiary/aromatic N) is 3. The van der Waals surface area contributed by atoms with Crippen LogP contribution in [-0.4, -0.2) is 32.4 Å². The molecule has 0 aliphatic rings. The minimum atomic E-state index is -0.0621. The zero-order chi connectivity index (χ0) is 13.3. The number of halogens is 1. The van der Waals surface area contributed by atoms with E-state index in [0.29, 0.717) is 12.2 Å². The van der Waals surface area contributed by atoms with Crippen LogP contribution in [0.1, 0.15) is 22.0 Å². The second-order valence-corrected chi connectivity index (χ2v) is 5.22. The first-order chi connectivity index (χ1) is 8.47. The number of nitrogens with one attached hydrogen (secondary N) is 1. The number of H-pyrrole nitrogens is 1. The number of aryl methyl sites for hydroxylation is 2. The highest BCUT2D eigenvalue weighted by atomic mass is 79.9. The van der Waals surface area contributed by atoms with Crippen molar-refractivity contribution in [3.63, 3.8) is 0 Å². The van der Waals surface area contributed by atoms with Gasteiger partial charge in [-0.2, -0.15) is 0 Å². The first-order valence-electron chi connectivity index (χ1n) is 5.55. The fraction of sp³-hybridized carbons (Fsp3) is 0.333. The largest absolute Gasteiger partial charge is 0.352 e. The molecule has 0 unspecified atom stereocenters. The lowest BCUT2D eigenvalue weighted by Gasteiger charge is -2.16. The monoisotopic (exact) mass is 310 g/mol. The highest BCUT2D eigenvalue weighted by molar-refractivity contribution is 9.10. The summed E-state index contributed by atoms with van der Waals surface area (Å²) in [6.07, 6.45) is 3.53. The van der Waals surface area contributed by atoms with E-state index in [9.17, 15) is 4.79 Å². The van der Waals surface area contributed by atoms with Crippen LogP contribution in [0.2, 0.25) is 0 Å². The van der Waals surface area contributed by atoms with E-state index in [0.717, 1.165) is 16.0 Å². The number of amides is 1. The molecule has 2 aromatic rings. The van der Waals surface area contributed by atoms with Gasteiger partial charge in [-0.15, -0.1) is 0 Å². The van der Waals surface area contributed by atoms with Crippen LogP contribution in [0.4, 0.5) is 0 Å². The Labute approximate surface area is 114 Å². The van der Waals surface area contributed by atoms with Crippen LogP contribution in [0.25, 0.3) is 0 Å². The van der Waals surface area contributed by atoms with Crippen molar-refractivity contribution < 1.29 is 4.79 Å². The average molecular weight is 311 g/mol. The summed E-state index contributed by atoms with van der Waals surface area (Å²) in [6, 6.07) is 2.00. The maximum Gasteiger partial charge on any atom is 0.272 e. The van der Waals surface area contributed by atoms with Crippen LogP contribution >= 0.6 is 15.9 Å². The second-order valence-electron chi connectivity index (χ2n) is 4.30. The summed E-state index contributed by atoms with van der Waals surface area (Å²) >= 11 is 3.42. The van der Waals surface area contributed by atoms with E-state index in [4.69, 9.17) is 0 Å². The van der Waals surface area contributed by atoms with E-state index in [1.54, 1.807) is 18.1 Å². The molecule has 5 nitrogen and oxygen atoms in total. The highest BCUT2D eigenvalue weighted by Gasteiger charge is 2.15.